The minimum atomic E-state index is -0.590. The lowest BCUT2D eigenvalue weighted by molar-refractivity contribution is -0.112. The minimum absolute atomic E-state index is 0.0943. The second kappa shape index (κ2) is 8.19. The van der Waals surface area contributed by atoms with Gasteiger partial charge in [0.15, 0.2) is 5.76 Å². The van der Waals surface area contributed by atoms with Crippen molar-refractivity contribution in [1.29, 1.82) is 5.26 Å². The van der Waals surface area contributed by atoms with E-state index in [-0.39, 0.29) is 5.57 Å². The van der Waals surface area contributed by atoms with Crippen LogP contribution in [0.3, 0.4) is 0 Å². The Kier molecular flexibility index (Phi) is 5.29. The van der Waals surface area contributed by atoms with Crippen molar-refractivity contribution >= 4 is 40.2 Å². The van der Waals surface area contributed by atoms with Crippen LogP contribution in [0, 0.1) is 17.1 Å². The molecule has 0 atom stereocenters. The van der Waals surface area contributed by atoms with E-state index in [1.807, 2.05) is 18.2 Å². The van der Waals surface area contributed by atoms with Crippen molar-refractivity contribution in [2.24, 2.45) is 0 Å². The summed E-state index contributed by atoms with van der Waals surface area (Å²) in [6.45, 7) is 0. The molecule has 4 rings (SSSR count). The molecule has 0 radical (unpaired) electrons. The number of hydrogen-bond donors (Lipinski definition) is 1. The average Bonchev–Trinajstić information content (AvgIpc) is 3.17. The molecule has 1 heterocycles. The van der Waals surface area contributed by atoms with Gasteiger partial charge in [0, 0.05) is 16.3 Å². The Labute approximate surface area is 176 Å². The van der Waals surface area contributed by atoms with Gasteiger partial charge in [0.2, 0.25) is 0 Å². The van der Waals surface area contributed by atoms with Gasteiger partial charge in [-0.05, 0) is 72.3 Å². The summed E-state index contributed by atoms with van der Waals surface area (Å²) >= 11 is 5.94. The predicted molar refractivity (Wildman–Crippen MR) is 113 cm³/mol. The van der Waals surface area contributed by atoms with Crippen LogP contribution < -0.4 is 5.32 Å². The number of nitrogens with one attached hydrogen (secondary N) is 1. The molecule has 30 heavy (non-hydrogen) atoms. The highest BCUT2D eigenvalue weighted by atomic mass is 35.5. The van der Waals surface area contributed by atoms with E-state index in [9.17, 15) is 14.4 Å². The number of nitriles is 1. The first-order valence-electron chi connectivity index (χ1n) is 8.87. The van der Waals surface area contributed by atoms with Crippen LogP contribution in [0.5, 0.6) is 0 Å². The Hall–Kier alpha value is -3.95. The molecule has 0 saturated carbocycles. The maximum Gasteiger partial charge on any atom is 0.266 e. The summed E-state index contributed by atoms with van der Waals surface area (Å²) in [5.41, 5.74) is 2.38. The number of fused-ring (bicyclic) bond motifs is 1. The third kappa shape index (κ3) is 4.07. The first-order valence-corrected chi connectivity index (χ1v) is 9.25. The van der Waals surface area contributed by atoms with Gasteiger partial charge in [-0.2, -0.15) is 5.26 Å². The van der Waals surface area contributed by atoms with Crippen LogP contribution in [0.4, 0.5) is 10.1 Å². The highest BCUT2D eigenvalue weighted by molar-refractivity contribution is 6.30. The van der Waals surface area contributed by atoms with Crippen LogP contribution in [-0.4, -0.2) is 11.1 Å². The van der Waals surface area contributed by atoms with Crippen molar-refractivity contribution in [3.63, 3.8) is 0 Å². The van der Waals surface area contributed by atoms with Gasteiger partial charge >= 0.3 is 0 Å². The number of anilines is 1. The molecule has 0 saturated heterocycles. The lowest BCUT2D eigenvalue weighted by atomic mass is 10.0. The van der Waals surface area contributed by atoms with Gasteiger partial charge in [-0.1, -0.05) is 22.8 Å². The van der Waals surface area contributed by atoms with Crippen molar-refractivity contribution in [2.45, 2.75) is 0 Å². The fraction of sp³-hybridized carbons (Fsp3) is 0. The van der Waals surface area contributed by atoms with Gasteiger partial charge in [-0.3, -0.25) is 4.79 Å². The SMILES string of the molecule is N#C/C(=C\c1ccc2noc(-c3ccc(Cl)cc3)c2c1)C(=O)Nc1ccc(F)cc1. The number of aromatic nitrogens is 1. The first-order chi connectivity index (χ1) is 14.5. The maximum absolute atomic E-state index is 13.0. The quantitative estimate of drug-likeness (QED) is 0.334. The van der Waals surface area contributed by atoms with E-state index in [1.54, 1.807) is 30.3 Å². The van der Waals surface area contributed by atoms with E-state index >= 15 is 0 Å². The van der Waals surface area contributed by atoms with Gasteiger partial charge in [0.05, 0.1) is 5.39 Å². The normalized spacial score (nSPS) is 11.3. The molecule has 4 aromatic rings. The summed E-state index contributed by atoms with van der Waals surface area (Å²) < 4.78 is 18.5. The Morgan fingerprint density at radius 2 is 1.83 bits per heavy atom. The van der Waals surface area contributed by atoms with Gasteiger partial charge in [-0.25, -0.2) is 4.39 Å². The summed E-state index contributed by atoms with van der Waals surface area (Å²) in [4.78, 5) is 12.4. The molecule has 0 unspecified atom stereocenters. The number of carbonyl (C=O) groups is 1. The Bertz CT molecular complexity index is 1300. The number of carbonyl (C=O) groups excluding carboxylic acids is 1. The molecule has 1 N–H and O–H groups in total. The molecule has 0 fully saturated rings. The summed E-state index contributed by atoms with van der Waals surface area (Å²) in [5, 5.41) is 17.4. The second-order valence-corrected chi connectivity index (χ2v) is 6.86. The van der Waals surface area contributed by atoms with Crippen LogP contribution in [0.25, 0.3) is 28.3 Å². The second-order valence-electron chi connectivity index (χ2n) is 6.43. The number of nitrogens with zero attached hydrogens (tertiary/aromatic N) is 2. The van der Waals surface area contributed by atoms with E-state index in [0.717, 1.165) is 10.9 Å². The Balaban J connectivity index is 1.65. The lowest BCUT2D eigenvalue weighted by Gasteiger charge is -2.04. The topological polar surface area (TPSA) is 78.9 Å². The summed E-state index contributed by atoms with van der Waals surface area (Å²) in [7, 11) is 0. The number of hydrogen-bond acceptors (Lipinski definition) is 4. The molecule has 3 aromatic carbocycles. The number of halogens is 2. The summed E-state index contributed by atoms with van der Waals surface area (Å²) in [6, 6.07) is 19.6. The average molecular weight is 418 g/mol. The highest BCUT2D eigenvalue weighted by Gasteiger charge is 2.13. The van der Waals surface area contributed by atoms with Gasteiger partial charge in [0.1, 0.15) is 23.0 Å². The van der Waals surface area contributed by atoms with Crippen LogP contribution in [-0.2, 0) is 4.79 Å². The van der Waals surface area contributed by atoms with E-state index in [2.05, 4.69) is 10.5 Å². The fourth-order valence-electron chi connectivity index (χ4n) is 2.91. The molecule has 0 aliphatic carbocycles. The standard InChI is InChI=1S/C23H13ClFN3O2/c24-17-4-2-15(3-5-17)22-20-12-14(1-10-21(20)28-30-22)11-16(13-26)23(29)27-19-8-6-18(25)7-9-19/h1-12H,(H,27,29)/b16-11+. The molecule has 146 valence electrons. The smallest absolute Gasteiger partial charge is 0.266 e. The van der Waals surface area contributed by atoms with Crippen LogP contribution in [0.1, 0.15) is 5.56 Å². The van der Waals surface area contributed by atoms with E-state index in [1.165, 1.54) is 30.3 Å². The zero-order chi connectivity index (χ0) is 21.1. The van der Waals surface area contributed by atoms with Crippen molar-refractivity contribution < 1.29 is 13.7 Å². The molecule has 1 amide bonds. The summed E-state index contributed by atoms with van der Waals surface area (Å²) in [6.07, 6.45) is 1.47. The third-order valence-corrected chi connectivity index (χ3v) is 4.64. The summed E-state index contributed by atoms with van der Waals surface area (Å²) in [5.74, 6) is -0.443. The molecule has 0 bridgehead atoms. The molecule has 0 aliphatic heterocycles. The molecule has 0 aliphatic rings. The molecular formula is C23H13ClFN3O2. The number of amides is 1. The minimum Gasteiger partial charge on any atom is -0.355 e. The lowest BCUT2D eigenvalue weighted by Crippen LogP contribution is -2.13. The van der Waals surface area contributed by atoms with Crippen molar-refractivity contribution in [3.05, 3.63) is 88.7 Å². The van der Waals surface area contributed by atoms with Crippen molar-refractivity contribution in [1.82, 2.24) is 5.16 Å². The number of rotatable bonds is 4. The van der Waals surface area contributed by atoms with Gasteiger partial charge in [-0.15, -0.1) is 0 Å². The molecule has 0 spiro atoms. The highest BCUT2D eigenvalue weighted by Crippen LogP contribution is 2.30. The fourth-order valence-corrected chi connectivity index (χ4v) is 3.03. The number of benzene rings is 3. The monoisotopic (exact) mass is 417 g/mol. The zero-order valence-electron chi connectivity index (χ0n) is 15.4. The van der Waals surface area contributed by atoms with Crippen molar-refractivity contribution in [2.75, 3.05) is 5.32 Å². The maximum atomic E-state index is 13.0. The van der Waals surface area contributed by atoms with Crippen molar-refractivity contribution in [3.8, 4) is 17.4 Å². The van der Waals surface area contributed by atoms with E-state index < -0.39 is 11.7 Å². The van der Waals surface area contributed by atoms with E-state index in [4.69, 9.17) is 16.1 Å². The van der Waals surface area contributed by atoms with Gasteiger partial charge < -0.3 is 9.84 Å². The zero-order valence-corrected chi connectivity index (χ0v) is 16.2. The largest absolute Gasteiger partial charge is 0.355 e. The molecule has 7 heteroatoms. The third-order valence-electron chi connectivity index (χ3n) is 4.39. The van der Waals surface area contributed by atoms with Crippen LogP contribution >= 0.6 is 11.6 Å². The van der Waals surface area contributed by atoms with E-state index in [0.29, 0.717) is 27.6 Å². The van der Waals surface area contributed by atoms with Crippen LogP contribution in [0.2, 0.25) is 5.02 Å². The Morgan fingerprint density at radius 3 is 2.53 bits per heavy atom. The Morgan fingerprint density at radius 1 is 1.10 bits per heavy atom. The molecule has 5 nitrogen and oxygen atoms in total. The van der Waals surface area contributed by atoms with Crippen LogP contribution in [0.15, 0.2) is 76.8 Å². The molecule has 1 aromatic heterocycles. The van der Waals surface area contributed by atoms with Gasteiger partial charge in [0.25, 0.3) is 5.91 Å². The first kappa shape index (κ1) is 19.4. The predicted octanol–water partition coefficient (Wildman–Crippen LogP) is 5.83. The molecular weight excluding hydrogens is 405 g/mol.